The van der Waals surface area contributed by atoms with E-state index < -0.39 is 0 Å². The molecule has 2 N–H and O–H groups in total. The largest absolute Gasteiger partial charge is 0.396 e. The fourth-order valence-electron chi connectivity index (χ4n) is 0.333. The molecule has 0 amide bonds. The topological polar surface area (TPSA) is 40.5 Å². The van der Waals surface area contributed by atoms with Crippen LogP contribution in [0.4, 0.5) is 0 Å². The maximum atomic E-state index is 7.88. The van der Waals surface area contributed by atoms with Crippen molar-refractivity contribution in [3.05, 3.63) is 24.8 Å². The molecule has 128 valence electrons. The zero-order valence-electron chi connectivity index (χ0n) is 13.3. The molecule has 0 aliphatic heterocycles. The summed E-state index contributed by atoms with van der Waals surface area (Å²) >= 11 is 0. The molecule has 0 radical (unpaired) electrons. The van der Waals surface area contributed by atoms with Crippen LogP contribution >= 0.6 is 0 Å². The normalized spacial score (nSPS) is 7.35. The molecular weight excluding hydrogens is 248 g/mol. The molecule has 0 aromatic carbocycles. The molecule has 0 aromatic rings. The molecule has 0 aromatic heterocycles. The van der Waals surface area contributed by atoms with Crippen LogP contribution in [0.2, 0.25) is 0 Å². The quantitative estimate of drug-likeness (QED) is 0.610. The smallest absolute Gasteiger partial charge is 0.0428 e. The van der Waals surface area contributed by atoms with Crippen molar-refractivity contribution >= 4 is 0 Å². The number of hydrogen-bond donors (Lipinski definition) is 2. The Kier molecular flexibility index (Phi) is 115. The molecule has 0 rings (SSSR count). The van der Waals surface area contributed by atoms with Gasteiger partial charge in [-0.05, 0) is 32.1 Å². The number of aliphatic hydroxyl groups is 2. The highest BCUT2D eigenvalue weighted by atomic mass is 16.3. The Morgan fingerprint density at radius 3 is 0.950 bits per heavy atom. The van der Waals surface area contributed by atoms with Crippen LogP contribution in [0, 0.1) is 0 Å². The van der Waals surface area contributed by atoms with Gasteiger partial charge in [0.1, 0.15) is 0 Å². The Balaban J connectivity index is -0.0000000322. The third-order valence-corrected chi connectivity index (χ3v) is 1.37. The van der Waals surface area contributed by atoms with Gasteiger partial charge in [0, 0.05) is 13.2 Å². The van der Waals surface area contributed by atoms with Crippen LogP contribution in [-0.2, 0) is 0 Å². The van der Waals surface area contributed by atoms with Gasteiger partial charge in [0.25, 0.3) is 0 Å². The summed E-state index contributed by atoms with van der Waals surface area (Å²) < 4.78 is 0. The van der Waals surface area contributed by atoms with Gasteiger partial charge in [-0.3, -0.25) is 0 Å². The van der Waals surface area contributed by atoms with Crippen molar-refractivity contribution in [3.8, 4) is 0 Å². The summed E-state index contributed by atoms with van der Waals surface area (Å²) in [6.07, 6.45) is 11.4. The standard InChI is InChI=1S/C6H12.C4H8.2C3H8O.2CH4/c1-3-5-6-4-2;1-3-4-2;2*1-2-3-4;;/h5-6H,3-4H2,1-2H3;3H,1,4H2,2H3;2*4H,2-3H2,1H3;2*1H4. The molecule has 0 heterocycles. The highest BCUT2D eigenvalue weighted by Gasteiger charge is 1.60. The number of aliphatic hydroxyl groups excluding tert-OH is 2. The molecule has 0 unspecified atom stereocenters. The van der Waals surface area contributed by atoms with Crippen LogP contribution in [-0.4, -0.2) is 23.4 Å². The van der Waals surface area contributed by atoms with E-state index in [2.05, 4.69) is 39.5 Å². The number of rotatable bonds is 5. The predicted molar refractivity (Wildman–Crippen MR) is 98.4 cm³/mol. The maximum absolute atomic E-state index is 7.88. The van der Waals surface area contributed by atoms with Gasteiger partial charge in [-0.25, -0.2) is 0 Å². The first-order valence-corrected chi connectivity index (χ1v) is 7.13. The molecule has 0 saturated carbocycles. The van der Waals surface area contributed by atoms with Crippen LogP contribution in [0.1, 0.15) is 81.6 Å². The monoisotopic (exact) mass is 292 g/mol. The van der Waals surface area contributed by atoms with Gasteiger partial charge < -0.3 is 10.2 Å². The third kappa shape index (κ3) is 160. The van der Waals surface area contributed by atoms with Gasteiger partial charge in [0.2, 0.25) is 0 Å². The second kappa shape index (κ2) is 63.0. The zero-order chi connectivity index (χ0) is 15.1. The lowest BCUT2D eigenvalue weighted by Crippen LogP contribution is -1.69. The summed E-state index contributed by atoms with van der Waals surface area (Å²) in [6.45, 7) is 14.3. The lowest BCUT2D eigenvalue weighted by molar-refractivity contribution is 0.294. The van der Waals surface area contributed by atoms with Gasteiger partial charge in [-0.2, -0.15) is 0 Å². The first-order chi connectivity index (χ1) is 8.66. The number of hydrogen-bond acceptors (Lipinski definition) is 2. The van der Waals surface area contributed by atoms with Gasteiger partial charge in [-0.1, -0.05) is 67.7 Å². The van der Waals surface area contributed by atoms with Crippen molar-refractivity contribution in [2.24, 2.45) is 0 Å². The maximum Gasteiger partial charge on any atom is 0.0428 e. The minimum absolute atomic E-state index is 0. The van der Waals surface area contributed by atoms with Gasteiger partial charge in [-0.15, -0.1) is 6.58 Å². The van der Waals surface area contributed by atoms with E-state index in [1.165, 1.54) is 12.8 Å². The number of allylic oxidation sites excluding steroid dienone is 3. The molecule has 2 nitrogen and oxygen atoms in total. The van der Waals surface area contributed by atoms with E-state index in [0.29, 0.717) is 13.2 Å². The molecule has 0 atom stereocenters. The lowest BCUT2D eigenvalue weighted by Gasteiger charge is -1.72. The van der Waals surface area contributed by atoms with Gasteiger partial charge >= 0.3 is 0 Å². The highest BCUT2D eigenvalue weighted by molar-refractivity contribution is 4.77. The average molecular weight is 293 g/mol. The minimum Gasteiger partial charge on any atom is -0.396 e. The van der Waals surface area contributed by atoms with E-state index in [-0.39, 0.29) is 14.9 Å². The Hall–Kier alpha value is -0.600. The van der Waals surface area contributed by atoms with Crippen LogP contribution in [0.3, 0.4) is 0 Å². The van der Waals surface area contributed by atoms with Crippen LogP contribution < -0.4 is 0 Å². The van der Waals surface area contributed by atoms with Crippen molar-refractivity contribution in [2.45, 2.75) is 81.6 Å². The van der Waals surface area contributed by atoms with E-state index >= 15 is 0 Å². The molecular formula is C18H44O2. The summed E-state index contributed by atoms with van der Waals surface area (Å²) in [6, 6.07) is 0. The van der Waals surface area contributed by atoms with Crippen molar-refractivity contribution in [1.29, 1.82) is 0 Å². The first-order valence-electron chi connectivity index (χ1n) is 7.13. The van der Waals surface area contributed by atoms with E-state index in [1.54, 1.807) is 0 Å². The third-order valence-electron chi connectivity index (χ3n) is 1.37. The molecule has 2 heteroatoms. The molecule has 20 heavy (non-hydrogen) atoms. The minimum atomic E-state index is 0. The van der Waals surface area contributed by atoms with Crippen molar-refractivity contribution in [2.75, 3.05) is 13.2 Å². The van der Waals surface area contributed by atoms with Crippen LogP contribution in [0.15, 0.2) is 24.8 Å². The lowest BCUT2D eigenvalue weighted by atomic mass is 10.4. The van der Waals surface area contributed by atoms with Crippen molar-refractivity contribution in [1.82, 2.24) is 0 Å². The fraction of sp³-hybridized carbons (Fsp3) is 0.778. The fourth-order valence-corrected chi connectivity index (χ4v) is 0.333. The molecule has 0 fully saturated rings. The summed E-state index contributed by atoms with van der Waals surface area (Å²) in [5.41, 5.74) is 0. The second-order valence-electron chi connectivity index (χ2n) is 3.43. The van der Waals surface area contributed by atoms with E-state index in [1.807, 2.05) is 19.9 Å². The molecule has 0 aliphatic carbocycles. The van der Waals surface area contributed by atoms with Gasteiger partial charge in [0.15, 0.2) is 0 Å². The Morgan fingerprint density at radius 2 is 0.900 bits per heavy atom. The molecule has 0 aliphatic rings. The predicted octanol–water partition coefficient (Wildman–Crippen LogP) is 5.99. The SMILES string of the molecule is C.C.C=CCC.CCC=CCC.CCCO.CCCO. The summed E-state index contributed by atoms with van der Waals surface area (Å²) in [7, 11) is 0. The van der Waals surface area contributed by atoms with Gasteiger partial charge in [0.05, 0.1) is 0 Å². The second-order valence-corrected chi connectivity index (χ2v) is 3.43. The average Bonchev–Trinajstić information content (AvgIpc) is 2.45. The zero-order valence-corrected chi connectivity index (χ0v) is 13.3. The van der Waals surface area contributed by atoms with Crippen LogP contribution in [0.25, 0.3) is 0 Å². The molecule has 0 bridgehead atoms. The van der Waals surface area contributed by atoms with Crippen molar-refractivity contribution in [3.63, 3.8) is 0 Å². The Labute approximate surface area is 130 Å². The van der Waals surface area contributed by atoms with Crippen molar-refractivity contribution < 1.29 is 10.2 Å². The molecule has 0 spiro atoms. The van der Waals surface area contributed by atoms with E-state index in [0.717, 1.165) is 19.3 Å². The summed E-state index contributed by atoms with van der Waals surface area (Å²) in [5, 5.41) is 15.8. The first kappa shape index (κ1) is 36.6. The molecule has 0 saturated heterocycles. The van der Waals surface area contributed by atoms with E-state index in [9.17, 15) is 0 Å². The highest BCUT2D eigenvalue weighted by Crippen LogP contribution is 1.81. The Bertz CT molecular complexity index is 107. The summed E-state index contributed by atoms with van der Waals surface area (Å²) in [5.74, 6) is 0. The van der Waals surface area contributed by atoms with Crippen LogP contribution in [0.5, 0.6) is 0 Å². The Morgan fingerprint density at radius 1 is 0.700 bits per heavy atom. The van der Waals surface area contributed by atoms with E-state index in [4.69, 9.17) is 10.2 Å². The summed E-state index contributed by atoms with van der Waals surface area (Å²) in [4.78, 5) is 0.